The average Bonchev–Trinajstić information content (AvgIpc) is 2.79. The minimum absolute atomic E-state index is 0.160. The van der Waals surface area contributed by atoms with Crippen LogP contribution in [-0.4, -0.2) is 43.5 Å². The van der Waals surface area contributed by atoms with E-state index in [0.29, 0.717) is 6.42 Å². The zero-order valence-electron chi connectivity index (χ0n) is 20.7. The summed E-state index contributed by atoms with van der Waals surface area (Å²) in [6.07, 6.45) is 14.2. The fourth-order valence-corrected chi connectivity index (χ4v) is 3.41. The van der Waals surface area contributed by atoms with Gasteiger partial charge < -0.3 is 18.9 Å². The van der Waals surface area contributed by atoms with Gasteiger partial charge in [-0.1, -0.05) is 102 Å². The van der Waals surface area contributed by atoms with E-state index in [2.05, 4.69) is 18.6 Å². The molecule has 7 nitrogen and oxygen atoms in total. The van der Waals surface area contributed by atoms with E-state index in [9.17, 15) is 14.4 Å². The molecule has 0 saturated carbocycles. The Labute approximate surface area is 205 Å². The Hall–Kier alpha value is -1.50. The second-order valence-corrected chi connectivity index (χ2v) is 8.57. The van der Waals surface area contributed by atoms with Crippen LogP contribution in [0.1, 0.15) is 117 Å². The summed E-state index contributed by atoms with van der Waals surface area (Å²) in [4.78, 5) is 35.6. The summed E-state index contributed by atoms with van der Waals surface area (Å²) in [6.45, 7) is 3.94. The van der Waals surface area contributed by atoms with E-state index in [0.717, 1.165) is 38.5 Å². The van der Waals surface area contributed by atoms with Crippen molar-refractivity contribution in [2.24, 2.45) is 0 Å². The van der Waals surface area contributed by atoms with Crippen LogP contribution in [-0.2, 0) is 28.5 Å². The normalized spacial score (nSPS) is 11.6. The van der Waals surface area contributed by atoms with Crippen LogP contribution < -0.4 is 0 Å². The van der Waals surface area contributed by atoms with Gasteiger partial charge in [0.05, 0.1) is 0 Å². The molecule has 0 heterocycles. The van der Waals surface area contributed by atoms with Crippen LogP contribution in [0.25, 0.3) is 0 Å². The van der Waals surface area contributed by atoms with Crippen molar-refractivity contribution in [2.45, 2.75) is 123 Å². The van der Waals surface area contributed by atoms with E-state index in [4.69, 9.17) is 25.8 Å². The molecule has 0 spiro atoms. The summed E-state index contributed by atoms with van der Waals surface area (Å²) in [5, 5.41) is 0. The molecule has 194 valence electrons. The van der Waals surface area contributed by atoms with Gasteiger partial charge in [0, 0.05) is 12.8 Å². The number of rotatable bonds is 22. The van der Waals surface area contributed by atoms with Crippen molar-refractivity contribution in [1.29, 1.82) is 0 Å². The smallest absolute Gasteiger partial charge is 0.462 e. The van der Waals surface area contributed by atoms with E-state index in [1.165, 1.54) is 51.4 Å². The number of alkyl halides is 1. The molecule has 0 aliphatic carbocycles. The van der Waals surface area contributed by atoms with E-state index in [-0.39, 0.29) is 31.7 Å². The van der Waals surface area contributed by atoms with Crippen molar-refractivity contribution in [3.63, 3.8) is 0 Å². The number of carbonyl (C=O) groups is 3. The second kappa shape index (κ2) is 23.7. The molecular weight excluding hydrogens is 448 g/mol. The molecule has 0 rings (SSSR count). The Bertz CT molecular complexity index is 499. The van der Waals surface area contributed by atoms with Crippen molar-refractivity contribution in [3.05, 3.63) is 0 Å². The molecule has 0 unspecified atom stereocenters. The third kappa shape index (κ3) is 22.1. The standard InChI is InChI=1S/C25H45ClO7/c1-3-5-7-9-11-13-15-17-23(27)30-19-22(20-31-25(29)32-21-26)33-24(28)18-16-14-12-10-8-6-4-2/h22H,3-21H2,1-2H3/t22-/m1/s1. The zero-order valence-corrected chi connectivity index (χ0v) is 21.5. The summed E-state index contributed by atoms with van der Waals surface area (Å²) in [7, 11) is 0. The molecule has 0 aliphatic heterocycles. The van der Waals surface area contributed by atoms with Gasteiger partial charge in [-0.25, -0.2) is 4.79 Å². The van der Waals surface area contributed by atoms with Gasteiger partial charge >= 0.3 is 18.1 Å². The third-order valence-electron chi connectivity index (χ3n) is 5.26. The Balaban J connectivity index is 4.21. The van der Waals surface area contributed by atoms with Gasteiger partial charge in [-0.3, -0.25) is 9.59 Å². The van der Waals surface area contributed by atoms with Gasteiger partial charge in [-0.2, -0.15) is 0 Å². The van der Waals surface area contributed by atoms with E-state index < -0.39 is 18.2 Å². The van der Waals surface area contributed by atoms with Crippen LogP contribution in [0.2, 0.25) is 0 Å². The molecule has 0 aromatic rings. The van der Waals surface area contributed by atoms with Crippen molar-refractivity contribution in [1.82, 2.24) is 0 Å². The van der Waals surface area contributed by atoms with Crippen LogP contribution in [0, 0.1) is 0 Å². The maximum atomic E-state index is 12.2. The highest BCUT2D eigenvalue weighted by atomic mass is 35.5. The Kier molecular flexibility index (Phi) is 22.6. The van der Waals surface area contributed by atoms with Crippen molar-refractivity contribution >= 4 is 29.7 Å². The maximum absolute atomic E-state index is 12.2. The number of halogens is 1. The predicted molar refractivity (Wildman–Crippen MR) is 129 cm³/mol. The van der Waals surface area contributed by atoms with Gasteiger partial charge in [0.2, 0.25) is 0 Å². The van der Waals surface area contributed by atoms with Crippen LogP contribution in [0.15, 0.2) is 0 Å². The highest BCUT2D eigenvalue weighted by Crippen LogP contribution is 2.11. The zero-order chi connectivity index (χ0) is 24.6. The van der Waals surface area contributed by atoms with Crippen molar-refractivity contribution < 1.29 is 33.3 Å². The number of carbonyl (C=O) groups excluding carboxylic acids is 3. The van der Waals surface area contributed by atoms with E-state index >= 15 is 0 Å². The molecule has 0 fully saturated rings. The van der Waals surface area contributed by atoms with Gasteiger partial charge in [0.15, 0.2) is 12.2 Å². The minimum atomic E-state index is -0.965. The molecule has 0 saturated heterocycles. The summed E-state index contributed by atoms with van der Waals surface area (Å²) < 4.78 is 20.0. The molecule has 8 heteroatoms. The maximum Gasteiger partial charge on any atom is 0.509 e. The Morgan fingerprint density at radius 1 is 0.606 bits per heavy atom. The van der Waals surface area contributed by atoms with Crippen LogP contribution in [0.3, 0.4) is 0 Å². The fraction of sp³-hybridized carbons (Fsp3) is 0.880. The highest BCUT2D eigenvalue weighted by molar-refractivity contribution is 6.17. The largest absolute Gasteiger partial charge is 0.509 e. The number of hydrogen-bond acceptors (Lipinski definition) is 7. The molecule has 33 heavy (non-hydrogen) atoms. The number of hydrogen-bond donors (Lipinski definition) is 0. The molecule has 0 radical (unpaired) electrons. The molecule has 0 aromatic heterocycles. The van der Waals surface area contributed by atoms with E-state index in [1.807, 2.05) is 0 Å². The fourth-order valence-electron chi connectivity index (χ4n) is 3.32. The van der Waals surface area contributed by atoms with Crippen molar-refractivity contribution in [3.8, 4) is 0 Å². The first-order valence-electron chi connectivity index (χ1n) is 12.7. The molecule has 0 aliphatic rings. The van der Waals surface area contributed by atoms with Crippen LogP contribution in [0.4, 0.5) is 4.79 Å². The highest BCUT2D eigenvalue weighted by Gasteiger charge is 2.19. The van der Waals surface area contributed by atoms with Gasteiger partial charge in [0.1, 0.15) is 13.2 Å². The molecular formula is C25H45ClO7. The first-order valence-corrected chi connectivity index (χ1v) is 13.3. The lowest BCUT2D eigenvalue weighted by Crippen LogP contribution is -2.31. The van der Waals surface area contributed by atoms with Gasteiger partial charge in [0.25, 0.3) is 0 Å². The quantitative estimate of drug-likeness (QED) is 0.0690. The molecule has 1 atom stereocenters. The Morgan fingerprint density at radius 3 is 1.58 bits per heavy atom. The topological polar surface area (TPSA) is 88.1 Å². The summed E-state index contributed by atoms with van der Waals surface area (Å²) in [5.74, 6) is -0.744. The molecule has 0 amide bonds. The van der Waals surface area contributed by atoms with E-state index in [1.54, 1.807) is 0 Å². The van der Waals surface area contributed by atoms with Crippen molar-refractivity contribution in [2.75, 3.05) is 19.3 Å². The number of unbranched alkanes of at least 4 members (excludes halogenated alkanes) is 12. The SMILES string of the molecule is CCCCCCCCCC(=O)OC[C@H](COC(=O)OCCl)OC(=O)CCCCCCCCC. The molecule has 0 bridgehead atoms. The first-order chi connectivity index (χ1) is 16.0. The summed E-state index contributed by atoms with van der Waals surface area (Å²) in [6, 6.07) is -0.338. The molecule has 0 N–H and O–H groups in total. The minimum Gasteiger partial charge on any atom is -0.462 e. The van der Waals surface area contributed by atoms with Crippen LogP contribution >= 0.6 is 11.6 Å². The van der Waals surface area contributed by atoms with Gasteiger partial charge in [-0.15, -0.1) is 0 Å². The summed E-state index contributed by atoms with van der Waals surface area (Å²) in [5.41, 5.74) is 0. The lowest BCUT2D eigenvalue weighted by Gasteiger charge is -2.18. The average molecular weight is 493 g/mol. The second-order valence-electron chi connectivity index (χ2n) is 8.35. The number of esters is 2. The monoisotopic (exact) mass is 492 g/mol. The lowest BCUT2D eigenvalue weighted by atomic mass is 10.1. The predicted octanol–water partition coefficient (Wildman–Crippen LogP) is 7.07. The lowest BCUT2D eigenvalue weighted by molar-refractivity contribution is -0.162. The Morgan fingerprint density at radius 2 is 1.06 bits per heavy atom. The molecule has 0 aromatic carbocycles. The van der Waals surface area contributed by atoms with Gasteiger partial charge in [-0.05, 0) is 12.8 Å². The summed E-state index contributed by atoms with van der Waals surface area (Å²) >= 11 is 5.33. The van der Waals surface area contributed by atoms with Crippen LogP contribution in [0.5, 0.6) is 0 Å². The third-order valence-corrected chi connectivity index (χ3v) is 5.37. The first kappa shape index (κ1) is 31.5. The number of ether oxygens (including phenoxy) is 4.